The van der Waals surface area contributed by atoms with Gasteiger partial charge in [0.1, 0.15) is 12.0 Å². The van der Waals surface area contributed by atoms with Gasteiger partial charge in [0.15, 0.2) is 11.6 Å². The minimum Gasteiger partial charge on any atom is -0.393 e. The molecule has 0 radical (unpaired) electrons. The summed E-state index contributed by atoms with van der Waals surface area (Å²) in [5.41, 5.74) is 9.16. The summed E-state index contributed by atoms with van der Waals surface area (Å²) in [7, 11) is 0. The van der Waals surface area contributed by atoms with E-state index >= 15 is 0 Å². The van der Waals surface area contributed by atoms with Crippen molar-refractivity contribution < 1.29 is 0 Å². The number of rotatable bonds is 19. The lowest BCUT2D eigenvalue weighted by Crippen LogP contribution is -2.09. The van der Waals surface area contributed by atoms with Crippen LogP contribution in [0, 0.1) is 0 Å². The topological polar surface area (TPSA) is 75.9 Å². The zero-order chi connectivity index (χ0) is 23.6. The second-order valence-electron chi connectivity index (χ2n) is 9.18. The number of hydrogen-bond acceptors (Lipinski definition) is 5. The molecule has 184 valence electrons. The Morgan fingerprint density at radius 2 is 1.18 bits per heavy atom. The van der Waals surface area contributed by atoms with E-state index in [9.17, 15) is 0 Å². The molecule has 1 aromatic carbocycles. The Labute approximate surface area is 202 Å². The number of unbranched alkanes of at least 4 members (excludes halogenated alkanes) is 13. The van der Waals surface area contributed by atoms with Crippen molar-refractivity contribution in [3.05, 3.63) is 36.2 Å². The molecule has 0 fully saturated rings. The SMILES string of the molecule is CCCCCCCCCCCCCCCCNc1ncnc(Nc2ccc(CC)cc2)c1N. The molecule has 0 atom stereocenters. The van der Waals surface area contributed by atoms with Crippen LogP contribution in [-0.4, -0.2) is 16.5 Å². The van der Waals surface area contributed by atoms with Crippen molar-refractivity contribution in [2.24, 2.45) is 0 Å². The van der Waals surface area contributed by atoms with E-state index in [-0.39, 0.29) is 0 Å². The first-order valence-electron chi connectivity index (χ1n) is 13.4. The number of hydrogen-bond donors (Lipinski definition) is 3. The second-order valence-corrected chi connectivity index (χ2v) is 9.18. The van der Waals surface area contributed by atoms with Crippen molar-refractivity contribution in [2.75, 3.05) is 22.9 Å². The van der Waals surface area contributed by atoms with Gasteiger partial charge in [-0.3, -0.25) is 0 Å². The average molecular weight is 454 g/mol. The van der Waals surface area contributed by atoms with E-state index in [1.807, 2.05) is 0 Å². The van der Waals surface area contributed by atoms with Gasteiger partial charge in [-0.25, -0.2) is 9.97 Å². The summed E-state index contributed by atoms with van der Waals surface area (Å²) < 4.78 is 0. The molecule has 0 saturated carbocycles. The summed E-state index contributed by atoms with van der Waals surface area (Å²) in [6.45, 7) is 5.33. The Kier molecular flexibility index (Phi) is 14.1. The molecule has 5 heteroatoms. The number of nitrogens with two attached hydrogens (primary N) is 1. The van der Waals surface area contributed by atoms with E-state index in [0.717, 1.165) is 25.1 Å². The van der Waals surface area contributed by atoms with Crippen LogP contribution in [0.5, 0.6) is 0 Å². The number of nitrogens with zero attached hydrogens (tertiary/aromatic N) is 2. The third kappa shape index (κ3) is 11.4. The molecule has 0 amide bonds. The van der Waals surface area contributed by atoms with E-state index in [1.165, 1.54) is 89.0 Å². The van der Waals surface area contributed by atoms with Gasteiger partial charge in [0, 0.05) is 12.2 Å². The third-order valence-corrected chi connectivity index (χ3v) is 6.33. The van der Waals surface area contributed by atoms with Crippen LogP contribution in [0.15, 0.2) is 30.6 Å². The predicted octanol–water partition coefficient (Wildman–Crippen LogP) is 8.26. The van der Waals surface area contributed by atoms with Crippen LogP contribution in [0.3, 0.4) is 0 Å². The molecule has 33 heavy (non-hydrogen) atoms. The third-order valence-electron chi connectivity index (χ3n) is 6.33. The lowest BCUT2D eigenvalue weighted by molar-refractivity contribution is 0.537. The van der Waals surface area contributed by atoms with Crippen molar-refractivity contribution in [2.45, 2.75) is 110 Å². The molecule has 0 aliphatic heterocycles. The van der Waals surface area contributed by atoms with E-state index in [0.29, 0.717) is 17.3 Å². The number of nitrogens with one attached hydrogen (secondary N) is 2. The number of aromatic nitrogens is 2. The van der Waals surface area contributed by atoms with Crippen LogP contribution in [0.1, 0.15) is 109 Å². The van der Waals surface area contributed by atoms with Gasteiger partial charge < -0.3 is 16.4 Å². The fourth-order valence-corrected chi connectivity index (χ4v) is 4.12. The van der Waals surface area contributed by atoms with Gasteiger partial charge in [-0.2, -0.15) is 0 Å². The highest BCUT2D eigenvalue weighted by atomic mass is 15.1. The summed E-state index contributed by atoms with van der Waals surface area (Å²) in [6.07, 6.45) is 21.8. The smallest absolute Gasteiger partial charge is 0.159 e. The fraction of sp³-hybridized carbons (Fsp3) is 0.643. The first-order chi connectivity index (χ1) is 16.2. The molecule has 2 aromatic rings. The second kappa shape index (κ2) is 17.2. The maximum absolute atomic E-state index is 6.30. The predicted molar refractivity (Wildman–Crippen MR) is 144 cm³/mol. The van der Waals surface area contributed by atoms with E-state index < -0.39 is 0 Å². The Morgan fingerprint density at radius 1 is 0.667 bits per heavy atom. The Balaban J connectivity index is 1.52. The molecule has 0 aliphatic carbocycles. The van der Waals surface area contributed by atoms with Crippen LogP contribution in [0.2, 0.25) is 0 Å². The van der Waals surface area contributed by atoms with Crippen molar-refractivity contribution >= 4 is 23.0 Å². The van der Waals surface area contributed by atoms with Gasteiger partial charge in [-0.05, 0) is 30.5 Å². The van der Waals surface area contributed by atoms with Gasteiger partial charge in [0.2, 0.25) is 0 Å². The van der Waals surface area contributed by atoms with Crippen LogP contribution in [0.25, 0.3) is 0 Å². The Morgan fingerprint density at radius 3 is 1.73 bits per heavy atom. The number of benzene rings is 1. The zero-order valence-electron chi connectivity index (χ0n) is 21.2. The molecular weight excluding hydrogens is 406 g/mol. The molecule has 0 bridgehead atoms. The van der Waals surface area contributed by atoms with Gasteiger partial charge in [0.25, 0.3) is 0 Å². The molecule has 0 aliphatic rings. The maximum Gasteiger partial charge on any atom is 0.159 e. The molecule has 2 rings (SSSR count). The minimum absolute atomic E-state index is 0.572. The van der Waals surface area contributed by atoms with Gasteiger partial charge in [-0.1, -0.05) is 109 Å². The standard InChI is InChI=1S/C28H47N5/c1-3-5-6-7-8-9-10-11-12-13-14-15-16-17-22-30-27-26(29)28(32-23-31-27)33-25-20-18-24(4-2)19-21-25/h18-21,23H,3-17,22,29H2,1-2H3,(H2,30,31,32,33). The molecule has 1 aromatic heterocycles. The van der Waals surface area contributed by atoms with Crippen LogP contribution < -0.4 is 16.4 Å². The van der Waals surface area contributed by atoms with Crippen molar-refractivity contribution in [3.8, 4) is 0 Å². The Bertz CT molecular complexity index is 744. The molecule has 1 heterocycles. The lowest BCUT2D eigenvalue weighted by Gasteiger charge is -2.13. The highest BCUT2D eigenvalue weighted by molar-refractivity contribution is 5.77. The largest absolute Gasteiger partial charge is 0.393 e. The summed E-state index contributed by atoms with van der Waals surface area (Å²) in [5, 5.41) is 6.69. The number of aryl methyl sites for hydroxylation is 1. The average Bonchev–Trinajstić information content (AvgIpc) is 2.84. The highest BCUT2D eigenvalue weighted by Gasteiger charge is 2.08. The summed E-state index contributed by atoms with van der Waals surface area (Å²) in [5.74, 6) is 1.37. The fourth-order valence-electron chi connectivity index (χ4n) is 4.12. The molecular formula is C28H47N5. The van der Waals surface area contributed by atoms with Crippen LogP contribution in [0.4, 0.5) is 23.0 Å². The van der Waals surface area contributed by atoms with Crippen LogP contribution in [-0.2, 0) is 6.42 Å². The van der Waals surface area contributed by atoms with Crippen molar-refractivity contribution in [1.29, 1.82) is 0 Å². The van der Waals surface area contributed by atoms with E-state index in [4.69, 9.17) is 5.73 Å². The highest BCUT2D eigenvalue weighted by Crippen LogP contribution is 2.26. The molecule has 5 nitrogen and oxygen atoms in total. The summed E-state index contributed by atoms with van der Waals surface area (Å²) in [4.78, 5) is 8.63. The first kappa shape index (κ1) is 26.9. The minimum atomic E-state index is 0.572. The molecule has 0 saturated heterocycles. The van der Waals surface area contributed by atoms with E-state index in [1.54, 1.807) is 6.33 Å². The van der Waals surface area contributed by atoms with Gasteiger partial charge in [-0.15, -0.1) is 0 Å². The molecule has 4 N–H and O–H groups in total. The van der Waals surface area contributed by atoms with Crippen LogP contribution >= 0.6 is 0 Å². The Hall–Kier alpha value is -2.30. The first-order valence-corrected chi connectivity index (χ1v) is 13.4. The van der Waals surface area contributed by atoms with E-state index in [2.05, 4.69) is 58.7 Å². The molecule has 0 spiro atoms. The normalized spacial score (nSPS) is 11.0. The lowest BCUT2D eigenvalue weighted by atomic mass is 10.0. The number of anilines is 4. The maximum atomic E-state index is 6.30. The number of nitrogen functional groups attached to an aromatic ring is 1. The van der Waals surface area contributed by atoms with Crippen molar-refractivity contribution in [3.63, 3.8) is 0 Å². The summed E-state index contributed by atoms with van der Waals surface area (Å²) >= 11 is 0. The van der Waals surface area contributed by atoms with Gasteiger partial charge in [0.05, 0.1) is 0 Å². The quantitative estimate of drug-likeness (QED) is 0.187. The van der Waals surface area contributed by atoms with Gasteiger partial charge >= 0.3 is 0 Å². The monoisotopic (exact) mass is 453 g/mol. The summed E-state index contributed by atoms with van der Waals surface area (Å²) in [6, 6.07) is 8.35. The zero-order valence-corrected chi connectivity index (χ0v) is 21.2. The molecule has 0 unspecified atom stereocenters. The van der Waals surface area contributed by atoms with Crippen molar-refractivity contribution in [1.82, 2.24) is 9.97 Å².